The zero-order chi connectivity index (χ0) is 15.5. The number of imidazole rings is 1. The second-order valence-corrected chi connectivity index (χ2v) is 4.51. The van der Waals surface area contributed by atoms with Crippen molar-refractivity contribution in [1.29, 1.82) is 0 Å². The molecule has 0 saturated carbocycles. The average molecular weight is 298 g/mol. The van der Waals surface area contributed by atoms with E-state index >= 15 is 0 Å². The van der Waals surface area contributed by atoms with E-state index in [0.717, 1.165) is 16.6 Å². The number of hydrogen-bond donors (Lipinski definition) is 2. The highest BCUT2D eigenvalue weighted by atomic mass is 16.5. The molecule has 112 valence electrons. The van der Waals surface area contributed by atoms with E-state index in [-0.39, 0.29) is 0 Å². The Bertz CT molecular complexity index is 796. The summed E-state index contributed by atoms with van der Waals surface area (Å²) in [5, 5.41) is 2.59. The maximum atomic E-state index is 11.3. The highest BCUT2D eigenvalue weighted by molar-refractivity contribution is 5.86. The van der Waals surface area contributed by atoms with E-state index in [1.807, 2.05) is 12.1 Å². The molecule has 2 aromatic heterocycles. The summed E-state index contributed by atoms with van der Waals surface area (Å²) < 4.78 is 9.95. The van der Waals surface area contributed by atoms with Crippen molar-refractivity contribution in [2.75, 3.05) is 19.5 Å². The minimum Gasteiger partial charge on any atom is -0.496 e. The standard InChI is InChI=1S/C15H14N4O3/c1-21-13-7-9(17-15(20)22-2)3-4-10(13)14-18-11-5-6-16-8-12(11)19-14/h3-8H,1-2H3,(H,17,20)(H,18,19). The van der Waals surface area contributed by atoms with Gasteiger partial charge in [0, 0.05) is 18.0 Å². The van der Waals surface area contributed by atoms with Gasteiger partial charge in [0.2, 0.25) is 0 Å². The molecule has 0 atom stereocenters. The molecule has 3 aromatic rings. The van der Waals surface area contributed by atoms with Crippen molar-refractivity contribution in [1.82, 2.24) is 15.0 Å². The Morgan fingerprint density at radius 1 is 1.27 bits per heavy atom. The van der Waals surface area contributed by atoms with Crippen LogP contribution in [0.4, 0.5) is 10.5 Å². The Morgan fingerprint density at radius 2 is 2.14 bits per heavy atom. The number of aromatic amines is 1. The van der Waals surface area contributed by atoms with Gasteiger partial charge < -0.3 is 14.5 Å². The van der Waals surface area contributed by atoms with Crippen LogP contribution < -0.4 is 10.1 Å². The SMILES string of the molecule is COC(=O)Nc1ccc(-c2nc3cnccc3[nH]2)c(OC)c1. The Balaban J connectivity index is 2.01. The summed E-state index contributed by atoms with van der Waals surface area (Å²) in [6, 6.07) is 7.12. The quantitative estimate of drug-likeness (QED) is 0.776. The molecule has 22 heavy (non-hydrogen) atoms. The second-order valence-electron chi connectivity index (χ2n) is 4.51. The summed E-state index contributed by atoms with van der Waals surface area (Å²) in [6.07, 6.45) is 2.85. The zero-order valence-electron chi connectivity index (χ0n) is 12.1. The molecule has 0 spiro atoms. The number of methoxy groups -OCH3 is 2. The topological polar surface area (TPSA) is 89.1 Å². The first-order valence-corrected chi connectivity index (χ1v) is 6.54. The van der Waals surface area contributed by atoms with Crippen LogP contribution in [-0.2, 0) is 4.74 Å². The van der Waals surface area contributed by atoms with Gasteiger partial charge in [-0.25, -0.2) is 9.78 Å². The van der Waals surface area contributed by atoms with E-state index in [4.69, 9.17) is 4.74 Å². The summed E-state index contributed by atoms with van der Waals surface area (Å²) in [5.74, 6) is 1.25. The van der Waals surface area contributed by atoms with E-state index in [1.54, 1.807) is 31.6 Å². The van der Waals surface area contributed by atoms with E-state index < -0.39 is 6.09 Å². The average Bonchev–Trinajstić information content (AvgIpc) is 2.98. The minimum atomic E-state index is -0.537. The molecular weight excluding hydrogens is 284 g/mol. The number of amides is 1. The van der Waals surface area contributed by atoms with Crippen LogP contribution >= 0.6 is 0 Å². The van der Waals surface area contributed by atoms with Crippen molar-refractivity contribution in [3.8, 4) is 17.1 Å². The Kier molecular flexibility index (Phi) is 3.61. The summed E-state index contributed by atoms with van der Waals surface area (Å²) >= 11 is 0. The van der Waals surface area contributed by atoms with Gasteiger partial charge in [-0.3, -0.25) is 10.3 Å². The fraction of sp³-hybridized carbons (Fsp3) is 0.133. The lowest BCUT2D eigenvalue weighted by Crippen LogP contribution is -2.10. The van der Waals surface area contributed by atoms with Gasteiger partial charge >= 0.3 is 6.09 Å². The van der Waals surface area contributed by atoms with Gasteiger partial charge in [-0.1, -0.05) is 0 Å². The molecule has 3 rings (SSSR count). The Labute approximate surface area is 126 Å². The smallest absolute Gasteiger partial charge is 0.411 e. The number of aromatic nitrogens is 3. The number of H-pyrrole nitrogens is 1. The molecule has 1 amide bonds. The molecule has 0 unspecified atom stereocenters. The van der Waals surface area contributed by atoms with Crippen molar-refractivity contribution < 1.29 is 14.3 Å². The molecule has 2 N–H and O–H groups in total. The summed E-state index contributed by atoms with van der Waals surface area (Å²) in [6.45, 7) is 0. The fourth-order valence-electron chi connectivity index (χ4n) is 2.12. The van der Waals surface area contributed by atoms with Gasteiger partial charge in [0.15, 0.2) is 0 Å². The van der Waals surface area contributed by atoms with Gasteiger partial charge in [-0.05, 0) is 18.2 Å². The van der Waals surface area contributed by atoms with Gasteiger partial charge in [0.05, 0.1) is 31.5 Å². The van der Waals surface area contributed by atoms with Gasteiger partial charge in [-0.15, -0.1) is 0 Å². The normalized spacial score (nSPS) is 10.5. The van der Waals surface area contributed by atoms with E-state index in [2.05, 4.69) is 25.0 Å². The molecule has 0 radical (unpaired) electrons. The molecular formula is C15H14N4O3. The number of carbonyl (C=O) groups is 1. The van der Waals surface area contributed by atoms with Crippen LogP contribution in [0, 0.1) is 0 Å². The number of ether oxygens (including phenoxy) is 2. The van der Waals surface area contributed by atoms with Gasteiger partial charge in [-0.2, -0.15) is 0 Å². The third-order valence-electron chi connectivity index (χ3n) is 3.17. The molecule has 2 heterocycles. The number of nitrogens with zero attached hydrogens (tertiary/aromatic N) is 2. The molecule has 0 bridgehead atoms. The van der Waals surface area contributed by atoms with Crippen molar-refractivity contribution in [3.05, 3.63) is 36.7 Å². The lowest BCUT2D eigenvalue weighted by molar-refractivity contribution is 0.187. The van der Waals surface area contributed by atoms with Gasteiger partial charge in [0.25, 0.3) is 0 Å². The number of benzene rings is 1. The second kappa shape index (κ2) is 5.72. The predicted molar refractivity (Wildman–Crippen MR) is 81.9 cm³/mol. The number of hydrogen-bond acceptors (Lipinski definition) is 5. The van der Waals surface area contributed by atoms with Crippen LogP contribution in [0.15, 0.2) is 36.7 Å². The molecule has 0 aliphatic heterocycles. The van der Waals surface area contributed by atoms with E-state index in [0.29, 0.717) is 17.3 Å². The molecule has 0 saturated heterocycles. The zero-order valence-corrected chi connectivity index (χ0v) is 12.1. The van der Waals surface area contributed by atoms with Gasteiger partial charge in [0.1, 0.15) is 17.1 Å². The lowest BCUT2D eigenvalue weighted by Gasteiger charge is -2.09. The summed E-state index contributed by atoms with van der Waals surface area (Å²) in [7, 11) is 2.87. The van der Waals surface area contributed by atoms with Crippen molar-refractivity contribution >= 4 is 22.8 Å². The first-order chi connectivity index (χ1) is 10.7. The number of nitrogens with one attached hydrogen (secondary N) is 2. The monoisotopic (exact) mass is 298 g/mol. The van der Waals surface area contributed by atoms with Crippen LogP contribution in [0.5, 0.6) is 5.75 Å². The Hall–Kier alpha value is -3.09. The largest absolute Gasteiger partial charge is 0.496 e. The molecule has 1 aromatic carbocycles. The molecule has 0 aliphatic rings. The van der Waals surface area contributed by atoms with E-state index in [9.17, 15) is 4.79 Å². The first-order valence-electron chi connectivity index (χ1n) is 6.54. The first kappa shape index (κ1) is 13.9. The number of fused-ring (bicyclic) bond motifs is 1. The van der Waals surface area contributed by atoms with Crippen molar-refractivity contribution in [3.63, 3.8) is 0 Å². The summed E-state index contributed by atoms with van der Waals surface area (Å²) in [5.41, 5.74) is 3.03. The lowest BCUT2D eigenvalue weighted by atomic mass is 10.1. The van der Waals surface area contributed by atoms with E-state index in [1.165, 1.54) is 7.11 Å². The van der Waals surface area contributed by atoms with Crippen LogP contribution in [0.25, 0.3) is 22.4 Å². The van der Waals surface area contributed by atoms with Crippen LogP contribution in [0.2, 0.25) is 0 Å². The fourth-order valence-corrected chi connectivity index (χ4v) is 2.12. The molecule has 0 fully saturated rings. The highest BCUT2D eigenvalue weighted by Crippen LogP contribution is 2.31. The molecule has 0 aliphatic carbocycles. The molecule has 7 nitrogen and oxygen atoms in total. The van der Waals surface area contributed by atoms with Crippen LogP contribution in [0.1, 0.15) is 0 Å². The predicted octanol–water partition coefficient (Wildman–Crippen LogP) is 2.81. The minimum absolute atomic E-state index is 0.537. The molecule has 7 heteroatoms. The number of anilines is 1. The van der Waals surface area contributed by atoms with Crippen LogP contribution in [0.3, 0.4) is 0 Å². The number of rotatable bonds is 3. The maximum absolute atomic E-state index is 11.3. The summed E-state index contributed by atoms with van der Waals surface area (Å²) in [4.78, 5) is 23.0. The maximum Gasteiger partial charge on any atom is 0.411 e. The Morgan fingerprint density at radius 3 is 2.86 bits per heavy atom. The van der Waals surface area contributed by atoms with Crippen molar-refractivity contribution in [2.45, 2.75) is 0 Å². The van der Waals surface area contributed by atoms with Crippen molar-refractivity contribution in [2.24, 2.45) is 0 Å². The number of carbonyl (C=O) groups excluding carboxylic acids is 1. The third kappa shape index (κ3) is 2.56. The highest BCUT2D eigenvalue weighted by Gasteiger charge is 2.12. The van der Waals surface area contributed by atoms with Crippen LogP contribution in [-0.4, -0.2) is 35.3 Å². The third-order valence-corrected chi connectivity index (χ3v) is 3.17. The number of pyridine rings is 1.